The second-order valence-electron chi connectivity index (χ2n) is 7.94. The van der Waals surface area contributed by atoms with E-state index in [0.717, 1.165) is 45.2 Å². The van der Waals surface area contributed by atoms with Crippen molar-refractivity contribution < 1.29 is 19.1 Å². The SMILES string of the molecule is CCCO[C@](C)(C(=O)Nc1ccc(OCC(=O)N2CCCCC2)cc1)C1CC1. The Morgan fingerprint density at radius 2 is 1.82 bits per heavy atom. The lowest BCUT2D eigenvalue weighted by atomic mass is 9.98. The van der Waals surface area contributed by atoms with Crippen molar-refractivity contribution in [1.82, 2.24) is 4.90 Å². The minimum atomic E-state index is -0.772. The molecule has 1 aromatic rings. The summed E-state index contributed by atoms with van der Waals surface area (Å²) in [4.78, 5) is 26.8. The highest BCUT2D eigenvalue weighted by Crippen LogP contribution is 2.42. The first-order chi connectivity index (χ1) is 13.5. The molecule has 6 heteroatoms. The first kappa shape index (κ1) is 20.6. The van der Waals surface area contributed by atoms with Gasteiger partial charge in [0.15, 0.2) is 6.61 Å². The monoisotopic (exact) mass is 388 g/mol. The molecule has 1 saturated carbocycles. The fourth-order valence-electron chi connectivity index (χ4n) is 3.59. The highest BCUT2D eigenvalue weighted by Gasteiger charge is 2.48. The van der Waals surface area contributed by atoms with Crippen molar-refractivity contribution in [2.24, 2.45) is 5.92 Å². The van der Waals surface area contributed by atoms with E-state index in [1.165, 1.54) is 6.42 Å². The molecule has 0 aromatic heterocycles. The Kier molecular flexibility index (Phi) is 6.94. The zero-order valence-electron chi connectivity index (χ0n) is 17.0. The number of carbonyl (C=O) groups excluding carboxylic acids is 2. The number of benzene rings is 1. The van der Waals surface area contributed by atoms with Gasteiger partial charge < -0.3 is 19.7 Å². The average molecular weight is 389 g/mol. The van der Waals surface area contributed by atoms with E-state index in [9.17, 15) is 9.59 Å². The average Bonchev–Trinajstić information content (AvgIpc) is 3.57. The van der Waals surface area contributed by atoms with Crippen LogP contribution in [0.1, 0.15) is 52.4 Å². The second-order valence-corrected chi connectivity index (χ2v) is 7.94. The molecular weight excluding hydrogens is 356 g/mol. The highest BCUT2D eigenvalue weighted by atomic mass is 16.5. The van der Waals surface area contributed by atoms with Gasteiger partial charge >= 0.3 is 0 Å². The van der Waals surface area contributed by atoms with Gasteiger partial charge in [-0.1, -0.05) is 6.92 Å². The fraction of sp³-hybridized carbons (Fsp3) is 0.636. The van der Waals surface area contributed by atoms with Crippen LogP contribution in [0.5, 0.6) is 5.75 Å². The van der Waals surface area contributed by atoms with Crippen LogP contribution >= 0.6 is 0 Å². The molecule has 1 aromatic carbocycles. The molecule has 2 amide bonds. The van der Waals surface area contributed by atoms with Gasteiger partial charge in [0, 0.05) is 25.4 Å². The Balaban J connectivity index is 1.50. The summed E-state index contributed by atoms with van der Waals surface area (Å²) in [5.41, 5.74) is -0.0712. The smallest absolute Gasteiger partial charge is 0.260 e. The van der Waals surface area contributed by atoms with Gasteiger partial charge in [0.05, 0.1) is 0 Å². The van der Waals surface area contributed by atoms with E-state index < -0.39 is 5.60 Å². The number of anilines is 1. The van der Waals surface area contributed by atoms with Crippen molar-refractivity contribution in [2.45, 2.75) is 58.0 Å². The number of rotatable bonds is 9. The Bertz CT molecular complexity index is 666. The lowest BCUT2D eigenvalue weighted by Crippen LogP contribution is -2.45. The zero-order valence-corrected chi connectivity index (χ0v) is 17.0. The van der Waals surface area contributed by atoms with Crippen molar-refractivity contribution >= 4 is 17.5 Å². The molecule has 0 bridgehead atoms. The Hall–Kier alpha value is -2.08. The largest absolute Gasteiger partial charge is 0.484 e. The maximum Gasteiger partial charge on any atom is 0.260 e. The van der Waals surface area contributed by atoms with Gasteiger partial charge in [0.25, 0.3) is 11.8 Å². The molecule has 1 heterocycles. The summed E-state index contributed by atoms with van der Waals surface area (Å²) in [5.74, 6) is 0.848. The van der Waals surface area contributed by atoms with E-state index in [0.29, 0.717) is 24.0 Å². The third-order valence-corrected chi connectivity index (χ3v) is 5.60. The molecule has 1 aliphatic carbocycles. The molecule has 1 atom stereocenters. The molecule has 1 N–H and O–H groups in total. The third kappa shape index (κ3) is 5.25. The molecule has 2 fully saturated rings. The zero-order chi connectivity index (χ0) is 20.0. The van der Waals surface area contributed by atoms with Crippen LogP contribution in [0.25, 0.3) is 0 Å². The quantitative estimate of drug-likeness (QED) is 0.702. The standard InChI is InChI=1S/C22H32N2O4/c1-3-15-28-22(2,17-7-8-17)21(26)23-18-9-11-19(12-10-18)27-16-20(25)24-13-5-4-6-14-24/h9-12,17H,3-8,13-16H2,1-2H3,(H,23,26)/t22-/m0/s1. The topological polar surface area (TPSA) is 67.9 Å². The van der Waals surface area contributed by atoms with Gasteiger partial charge in [-0.3, -0.25) is 9.59 Å². The maximum absolute atomic E-state index is 12.8. The summed E-state index contributed by atoms with van der Waals surface area (Å²) in [5, 5.41) is 2.96. The number of amides is 2. The second kappa shape index (κ2) is 9.41. The molecule has 0 radical (unpaired) electrons. The number of hydrogen-bond donors (Lipinski definition) is 1. The van der Waals surface area contributed by atoms with Crippen LogP contribution in [0.3, 0.4) is 0 Å². The molecular formula is C22H32N2O4. The van der Waals surface area contributed by atoms with Gasteiger partial charge in [-0.25, -0.2) is 0 Å². The number of carbonyl (C=O) groups is 2. The summed E-state index contributed by atoms with van der Waals surface area (Å²) in [7, 11) is 0. The van der Waals surface area contributed by atoms with E-state index in [-0.39, 0.29) is 18.4 Å². The van der Waals surface area contributed by atoms with Crippen LogP contribution < -0.4 is 10.1 Å². The maximum atomic E-state index is 12.8. The van der Waals surface area contributed by atoms with Crippen molar-refractivity contribution in [3.63, 3.8) is 0 Å². The predicted octanol–water partition coefficient (Wildman–Crippen LogP) is 3.61. The summed E-state index contributed by atoms with van der Waals surface area (Å²) in [6, 6.07) is 7.15. The molecule has 1 aliphatic heterocycles. The molecule has 3 rings (SSSR count). The summed E-state index contributed by atoms with van der Waals surface area (Å²) in [6.07, 6.45) is 6.29. The minimum Gasteiger partial charge on any atom is -0.484 e. The Morgan fingerprint density at radius 1 is 1.14 bits per heavy atom. The number of piperidine rings is 1. The first-order valence-electron chi connectivity index (χ1n) is 10.5. The predicted molar refractivity (Wildman–Crippen MR) is 108 cm³/mol. The minimum absolute atomic E-state index is 0.0327. The van der Waals surface area contributed by atoms with Crippen LogP contribution in [-0.4, -0.2) is 48.6 Å². The number of hydrogen-bond acceptors (Lipinski definition) is 4. The Morgan fingerprint density at radius 3 is 2.43 bits per heavy atom. The number of nitrogens with one attached hydrogen (secondary N) is 1. The molecule has 2 aliphatic rings. The van der Waals surface area contributed by atoms with Crippen LogP contribution in [0.4, 0.5) is 5.69 Å². The van der Waals surface area contributed by atoms with Crippen LogP contribution in [0.15, 0.2) is 24.3 Å². The summed E-state index contributed by atoms with van der Waals surface area (Å²) < 4.78 is 11.5. The van der Waals surface area contributed by atoms with Crippen LogP contribution in [0.2, 0.25) is 0 Å². The van der Waals surface area contributed by atoms with E-state index in [1.807, 2.05) is 18.7 Å². The van der Waals surface area contributed by atoms with Crippen LogP contribution in [-0.2, 0) is 14.3 Å². The highest BCUT2D eigenvalue weighted by molar-refractivity contribution is 5.97. The van der Waals surface area contributed by atoms with Crippen molar-refractivity contribution in [2.75, 3.05) is 31.6 Å². The number of ether oxygens (including phenoxy) is 2. The van der Waals surface area contributed by atoms with E-state index in [1.54, 1.807) is 24.3 Å². The van der Waals surface area contributed by atoms with Crippen molar-refractivity contribution in [3.8, 4) is 5.75 Å². The van der Waals surface area contributed by atoms with Crippen molar-refractivity contribution in [1.29, 1.82) is 0 Å². The van der Waals surface area contributed by atoms with E-state index in [4.69, 9.17) is 9.47 Å². The number of nitrogens with zero attached hydrogens (tertiary/aromatic N) is 1. The van der Waals surface area contributed by atoms with Gasteiger partial charge in [-0.2, -0.15) is 0 Å². The summed E-state index contributed by atoms with van der Waals surface area (Å²) in [6.45, 7) is 6.22. The molecule has 0 unspecified atom stereocenters. The van der Waals surface area contributed by atoms with Gasteiger partial charge in [-0.15, -0.1) is 0 Å². The van der Waals surface area contributed by atoms with Crippen LogP contribution in [0, 0.1) is 5.92 Å². The van der Waals surface area contributed by atoms with Gasteiger partial charge in [0.1, 0.15) is 11.4 Å². The molecule has 0 spiro atoms. The number of likely N-dealkylation sites (tertiary alicyclic amines) is 1. The first-order valence-corrected chi connectivity index (χ1v) is 10.5. The van der Waals surface area contributed by atoms with E-state index in [2.05, 4.69) is 5.32 Å². The molecule has 28 heavy (non-hydrogen) atoms. The normalized spacial score (nSPS) is 19.0. The van der Waals surface area contributed by atoms with Gasteiger partial charge in [-0.05, 0) is 75.6 Å². The molecule has 1 saturated heterocycles. The lowest BCUT2D eigenvalue weighted by Gasteiger charge is -2.28. The fourth-order valence-corrected chi connectivity index (χ4v) is 3.59. The molecule has 6 nitrogen and oxygen atoms in total. The van der Waals surface area contributed by atoms with Crippen molar-refractivity contribution in [3.05, 3.63) is 24.3 Å². The third-order valence-electron chi connectivity index (χ3n) is 5.60. The lowest BCUT2D eigenvalue weighted by molar-refractivity contribution is -0.142. The van der Waals surface area contributed by atoms with Gasteiger partial charge in [0.2, 0.25) is 0 Å². The Labute approximate surface area is 167 Å². The van der Waals surface area contributed by atoms with E-state index >= 15 is 0 Å². The summed E-state index contributed by atoms with van der Waals surface area (Å²) >= 11 is 0. The molecule has 154 valence electrons.